The van der Waals surface area contributed by atoms with Crippen molar-refractivity contribution in [2.24, 2.45) is 12.0 Å². The topological polar surface area (TPSA) is 67.1 Å². The number of nitrogens with one attached hydrogen (secondary N) is 2. The minimum atomic E-state index is -0.184. The first-order valence-corrected chi connectivity index (χ1v) is 9.74. The van der Waals surface area contributed by atoms with E-state index < -0.39 is 0 Å². The van der Waals surface area contributed by atoms with Gasteiger partial charge >= 0.3 is 0 Å². The van der Waals surface area contributed by atoms with Gasteiger partial charge in [-0.3, -0.25) is 4.68 Å². The SMILES string of the molecule is CCNC(=NCc1ncnn1C)NCC1(c2ccc(F)cc2)CCCCC1. The highest BCUT2D eigenvalue weighted by Gasteiger charge is 2.34. The number of halogens is 1. The Balaban J connectivity index is 1.73. The molecule has 1 aliphatic rings. The molecule has 6 nitrogen and oxygen atoms in total. The van der Waals surface area contributed by atoms with Crippen molar-refractivity contribution < 1.29 is 4.39 Å². The fraction of sp³-hybridized carbons (Fsp3) is 0.550. The number of nitrogens with zero attached hydrogens (tertiary/aromatic N) is 4. The van der Waals surface area contributed by atoms with Crippen LogP contribution in [-0.2, 0) is 19.0 Å². The highest BCUT2D eigenvalue weighted by Crippen LogP contribution is 2.39. The zero-order valence-corrected chi connectivity index (χ0v) is 16.2. The average molecular weight is 372 g/mol. The summed E-state index contributed by atoms with van der Waals surface area (Å²) in [5, 5.41) is 10.9. The largest absolute Gasteiger partial charge is 0.357 e. The molecule has 146 valence electrons. The Hall–Kier alpha value is -2.44. The van der Waals surface area contributed by atoms with Crippen molar-refractivity contribution in [1.29, 1.82) is 0 Å². The predicted octanol–water partition coefficient (Wildman–Crippen LogP) is 2.91. The molecule has 0 atom stereocenters. The van der Waals surface area contributed by atoms with Gasteiger partial charge in [-0.05, 0) is 37.5 Å². The molecular formula is C20H29FN6. The normalized spacial score (nSPS) is 16.9. The van der Waals surface area contributed by atoms with Gasteiger partial charge in [0.15, 0.2) is 5.96 Å². The van der Waals surface area contributed by atoms with Crippen molar-refractivity contribution >= 4 is 5.96 Å². The minimum absolute atomic E-state index is 0.0208. The lowest BCUT2D eigenvalue weighted by molar-refractivity contribution is 0.291. The highest BCUT2D eigenvalue weighted by atomic mass is 19.1. The second-order valence-corrected chi connectivity index (χ2v) is 7.20. The summed E-state index contributed by atoms with van der Waals surface area (Å²) < 4.78 is 15.1. The number of hydrogen-bond donors (Lipinski definition) is 2. The summed E-state index contributed by atoms with van der Waals surface area (Å²) >= 11 is 0. The highest BCUT2D eigenvalue weighted by molar-refractivity contribution is 5.79. The number of benzene rings is 1. The van der Waals surface area contributed by atoms with Crippen molar-refractivity contribution in [1.82, 2.24) is 25.4 Å². The van der Waals surface area contributed by atoms with E-state index in [1.165, 1.54) is 31.2 Å². The number of hydrogen-bond acceptors (Lipinski definition) is 3. The molecule has 0 unspecified atom stereocenters. The maximum Gasteiger partial charge on any atom is 0.191 e. The Morgan fingerprint density at radius 3 is 2.56 bits per heavy atom. The quantitative estimate of drug-likeness (QED) is 0.604. The molecule has 2 N–H and O–H groups in total. The monoisotopic (exact) mass is 372 g/mol. The van der Waals surface area contributed by atoms with Gasteiger partial charge in [0.25, 0.3) is 0 Å². The fourth-order valence-electron chi connectivity index (χ4n) is 3.81. The van der Waals surface area contributed by atoms with Crippen LogP contribution >= 0.6 is 0 Å². The van der Waals surface area contributed by atoms with Crippen LogP contribution in [-0.4, -0.2) is 33.8 Å². The summed E-state index contributed by atoms with van der Waals surface area (Å²) in [5.74, 6) is 1.40. The van der Waals surface area contributed by atoms with Gasteiger partial charge in [0, 0.05) is 25.6 Å². The van der Waals surface area contributed by atoms with Crippen LogP contribution < -0.4 is 10.6 Å². The Kier molecular flexibility index (Phi) is 6.42. The molecule has 0 bridgehead atoms. The van der Waals surface area contributed by atoms with Crippen molar-refractivity contribution in [2.45, 2.75) is 51.0 Å². The van der Waals surface area contributed by atoms with Crippen LogP contribution in [0.5, 0.6) is 0 Å². The predicted molar refractivity (Wildman–Crippen MR) is 105 cm³/mol. The van der Waals surface area contributed by atoms with Crippen molar-refractivity contribution in [3.63, 3.8) is 0 Å². The molecule has 1 aromatic carbocycles. The van der Waals surface area contributed by atoms with Crippen LogP contribution in [0.3, 0.4) is 0 Å². The summed E-state index contributed by atoms with van der Waals surface area (Å²) in [4.78, 5) is 8.87. The van der Waals surface area contributed by atoms with Gasteiger partial charge < -0.3 is 10.6 Å². The smallest absolute Gasteiger partial charge is 0.191 e. The molecular weight excluding hydrogens is 343 g/mol. The zero-order valence-electron chi connectivity index (χ0n) is 16.2. The zero-order chi connectivity index (χ0) is 19.1. The number of aromatic nitrogens is 3. The van der Waals surface area contributed by atoms with E-state index in [9.17, 15) is 4.39 Å². The van der Waals surface area contributed by atoms with E-state index in [0.717, 1.165) is 37.7 Å². The Bertz CT molecular complexity index is 746. The molecule has 1 saturated carbocycles. The van der Waals surface area contributed by atoms with Crippen molar-refractivity contribution in [2.75, 3.05) is 13.1 Å². The average Bonchev–Trinajstić information content (AvgIpc) is 3.10. The molecule has 0 saturated heterocycles. The molecule has 1 heterocycles. The number of aliphatic imine (C=N–C) groups is 1. The molecule has 2 aromatic rings. The van der Waals surface area contributed by atoms with Crippen LogP contribution in [0.1, 0.15) is 50.4 Å². The first kappa shape index (κ1) is 19.3. The molecule has 0 aliphatic heterocycles. The van der Waals surface area contributed by atoms with Gasteiger partial charge in [-0.25, -0.2) is 14.4 Å². The summed E-state index contributed by atoms with van der Waals surface area (Å²) in [6.45, 7) is 4.09. The van der Waals surface area contributed by atoms with Crippen LogP contribution in [0.4, 0.5) is 4.39 Å². The van der Waals surface area contributed by atoms with E-state index in [-0.39, 0.29) is 11.2 Å². The van der Waals surface area contributed by atoms with Gasteiger partial charge in [0.2, 0.25) is 0 Å². The van der Waals surface area contributed by atoms with E-state index in [0.29, 0.717) is 6.54 Å². The lowest BCUT2D eigenvalue weighted by Crippen LogP contribution is -2.46. The Morgan fingerprint density at radius 2 is 1.93 bits per heavy atom. The van der Waals surface area contributed by atoms with E-state index in [2.05, 4.69) is 32.6 Å². The van der Waals surface area contributed by atoms with Gasteiger partial charge in [0.1, 0.15) is 24.5 Å². The number of aryl methyl sites for hydroxylation is 1. The fourth-order valence-corrected chi connectivity index (χ4v) is 3.81. The third-order valence-corrected chi connectivity index (χ3v) is 5.39. The summed E-state index contributed by atoms with van der Waals surface area (Å²) in [6.07, 6.45) is 7.42. The summed E-state index contributed by atoms with van der Waals surface area (Å²) in [5.41, 5.74) is 1.23. The maximum absolute atomic E-state index is 13.4. The van der Waals surface area contributed by atoms with Gasteiger partial charge in [-0.1, -0.05) is 31.4 Å². The first-order chi connectivity index (χ1) is 13.1. The molecule has 3 rings (SSSR count). The molecule has 0 amide bonds. The number of rotatable bonds is 6. The standard InChI is InChI=1S/C20H29FN6/c1-3-22-19(23-13-18-25-15-26-27(18)2)24-14-20(11-5-4-6-12-20)16-7-9-17(21)10-8-16/h7-10,15H,3-6,11-14H2,1-2H3,(H2,22,23,24). The van der Waals surface area contributed by atoms with E-state index in [1.54, 1.807) is 16.8 Å². The molecule has 0 spiro atoms. The first-order valence-electron chi connectivity index (χ1n) is 9.74. The van der Waals surface area contributed by atoms with Crippen molar-refractivity contribution in [3.05, 3.63) is 47.8 Å². The van der Waals surface area contributed by atoms with E-state index in [1.807, 2.05) is 19.2 Å². The maximum atomic E-state index is 13.4. The third kappa shape index (κ3) is 4.84. The van der Waals surface area contributed by atoms with E-state index >= 15 is 0 Å². The second-order valence-electron chi connectivity index (χ2n) is 7.20. The molecule has 1 fully saturated rings. The second kappa shape index (κ2) is 8.97. The lowest BCUT2D eigenvalue weighted by atomic mass is 9.69. The summed E-state index contributed by atoms with van der Waals surface area (Å²) in [6, 6.07) is 7.01. The number of guanidine groups is 1. The van der Waals surface area contributed by atoms with Crippen LogP contribution in [0.25, 0.3) is 0 Å². The van der Waals surface area contributed by atoms with Gasteiger partial charge in [0.05, 0.1) is 0 Å². The van der Waals surface area contributed by atoms with E-state index in [4.69, 9.17) is 0 Å². The van der Waals surface area contributed by atoms with Crippen LogP contribution in [0, 0.1) is 5.82 Å². The van der Waals surface area contributed by atoms with Crippen LogP contribution in [0.15, 0.2) is 35.6 Å². The Morgan fingerprint density at radius 1 is 1.19 bits per heavy atom. The van der Waals surface area contributed by atoms with Gasteiger partial charge in [-0.15, -0.1) is 0 Å². The molecule has 0 radical (unpaired) electrons. The van der Waals surface area contributed by atoms with Crippen molar-refractivity contribution in [3.8, 4) is 0 Å². The molecule has 27 heavy (non-hydrogen) atoms. The molecule has 7 heteroatoms. The van der Waals surface area contributed by atoms with Gasteiger partial charge in [-0.2, -0.15) is 5.10 Å². The molecule has 1 aromatic heterocycles. The lowest BCUT2D eigenvalue weighted by Gasteiger charge is -2.38. The minimum Gasteiger partial charge on any atom is -0.357 e. The van der Waals surface area contributed by atoms with Crippen LogP contribution in [0.2, 0.25) is 0 Å². The summed E-state index contributed by atoms with van der Waals surface area (Å²) in [7, 11) is 1.86. The molecule has 1 aliphatic carbocycles. The Labute approximate surface area is 160 Å². The third-order valence-electron chi connectivity index (χ3n) is 5.39.